The molecule has 0 aliphatic heterocycles. The first-order chi connectivity index (χ1) is 4.30. The van der Waals surface area contributed by atoms with Gasteiger partial charge in [0.2, 0.25) is 5.24 Å². The number of halogens is 1. The minimum absolute atomic E-state index is 0.0941. The third-order valence-electron chi connectivity index (χ3n) is 1.59. The Labute approximate surface area is 59.7 Å². The van der Waals surface area contributed by atoms with Crippen molar-refractivity contribution in [3.8, 4) is 0 Å². The van der Waals surface area contributed by atoms with Gasteiger partial charge in [-0.3, -0.25) is 4.79 Å². The molecule has 50 valence electrons. The van der Waals surface area contributed by atoms with Gasteiger partial charge in [0, 0.05) is 5.92 Å². The molecule has 0 aromatic carbocycles. The minimum Gasteiger partial charge on any atom is -0.281 e. The Morgan fingerprint density at radius 2 is 2.33 bits per heavy atom. The van der Waals surface area contributed by atoms with Gasteiger partial charge in [-0.1, -0.05) is 12.2 Å². The molecule has 0 N–H and O–H groups in total. The lowest BCUT2D eigenvalue weighted by atomic mass is 9.96. The van der Waals surface area contributed by atoms with Crippen LogP contribution in [0.25, 0.3) is 0 Å². The standard InChI is InChI=1S/C7H9ClO/c8-7(9)6-4-2-1-3-5-6/h1-2,6H,3-5H2. The van der Waals surface area contributed by atoms with Crippen LogP contribution >= 0.6 is 11.6 Å². The lowest BCUT2D eigenvalue weighted by Gasteiger charge is -2.11. The second-order valence-corrected chi connectivity index (χ2v) is 2.66. The monoisotopic (exact) mass is 144 g/mol. The van der Waals surface area contributed by atoms with Crippen LogP contribution in [-0.4, -0.2) is 5.24 Å². The molecule has 1 aliphatic rings. The van der Waals surface area contributed by atoms with E-state index in [1.54, 1.807) is 0 Å². The first kappa shape index (κ1) is 6.81. The zero-order chi connectivity index (χ0) is 6.69. The largest absolute Gasteiger partial charge is 0.281 e. The van der Waals surface area contributed by atoms with Crippen molar-refractivity contribution in [2.75, 3.05) is 0 Å². The quantitative estimate of drug-likeness (QED) is 0.407. The first-order valence-electron chi connectivity index (χ1n) is 3.15. The van der Waals surface area contributed by atoms with E-state index in [1.807, 2.05) is 6.08 Å². The molecule has 1 nitrogen and oxygen atoms in total. The molecule has 0 fully saturated rings. The van der Waals surface area contributed by atoms with Gasteiger partial charge in [-0.25, -0.2) is 0 Å². The molecule has 0 amide bonds. The average Bonchev–Trinajstić information content (AvgIpc) is 1.90. The number of hydrogen-bond acceptors (Lipinski definition) is 1. The summed E-state index contributed by atoms with van der Waals surface area (Å²) in [4.78, 5) is 10.5. The van der Waals surface area contributed by atoms with E-state index >= 15 is 0 Å². The van der Waals surface area contributed by atoms with Gasteiger partial charge in [-0.05, 0) is 30.9 Å². The molecule has 9 heavy (non-hydrogen) atoms. The van der Waals surface area contributed by atoms with E-state index in [9.17, 15) is 4.79 Å². The molecular formula is C7H9ClO. The summed E-state index contributed by atoms with van der Waals surface area (Å²) in [6.07, 6.45) is 6.88. The van der Waals surface area contributed by atoms with E-state index in [-0.39, 0.29) is 11.2 Å². The van der Waals surface area contributed by atoms with Crippen LogP contribution in [0, 0.1) is 5.92 Å². The summed E-state index contributed by atoms with van der Waals surface area (Å²) >= 11 is 5.28. The molecule has 1 rings (SSSR count). The number of hydrogen-bond donors (Lipinski definition) is 0. The Morgan fingerprint density at radius 1 is 1.56 bits per heavy atom. The molecule has 0 bridgehead atoms. The van der Waals surface area contributed by atoms with Gasteiger partial charge in [-0.2, -0.15) is 0 Å². The lowest BCUT2D eigenvalue weighted by molar-refractivity contribution is -0.115. The van der Waals surface area contributed by atoms with Crippen molar-refractivity contribution >= 4 is 16.8 Å². The second-order valence-electron chi connectivity index (χ2n) is 2.29. The highest BCUT2D eigenvalue weighted by molar-refractivity contribution is 6.64. The molecule has 0 aromatic rings. The number of carbonyl (C=O) groups is 1. The molecule has 1 aliphatic carbocycles. The molecule has 0 spiro atoms. The van der Waals surface area contributed by atoms with E-state index in [0.29, 0.717) is 0 Å². The molecule has 0 saturated carbocycles. The Hall–Kier alpha value is -0.300. The van der Waals surface area contributed by atoms with Crippen molar-refractivity contribution in [1.82, 2.24) is 0 Å². The predicted molar refractivity (Wildman–Crippen MR) is 37.3 cm³/mol. The van der Waals surface area contributed by atoms with Crippen LogP contribution in [0.2, 0.25) is 0 Å². The van der Waals surface area contributed by atoms with Crippen LogP contribution in [0.1, 0.15) is 19.3 Å². The van der Waals surface area contributed by atoms with Gasteiger partial charge in [0.1, 0.15) is 0 Å². The summed E-state index contributed by atoms with van der Waals surface area (Å²) in [5.41, 5.74) is 0. The van der Waals surface area contributed by atoms with Crippen LogP contribution < -0.4 is 0 Å². The normalized spacial score (nSPS) is 26.1. The van der Waals surface area contributed by atoms with Crippen molar-refractivity contribution in [2.24, 2.45) is 5.92 Å². The highest BCUT2D eigenvalue weighted by Gasteiger charge is 2.15. The maximum Gasteiger partial charge on any atom is 0.225 e. The van der Waals surface area contributed by atoms with Gasteiger partial charge < -0.3 is 0 Å². The number of carbonyl (C=O) groups excluding carboxylic acids is 1. The fourth-order valence-electron chi connectivity index (χ4n) is 1.000. The van der Waals surface area contributed by atoms with Crippen LogP contribution in [-0.2, 0) is 4.79 Å². The molecule has 0 heterocycles. The molecule has 1 atom stereocenters. The van der Waals surface area contributed by atoms with Crippen LogP contribution in [0.5, 0.6) is 0 Å². The highest BCUT2D eigenvalue weighted by Crippen LogP contribution is 2.19. The zero-order valence-corrected chi connectivity index (χ0v) is 5.90. The molecule has 0 radical (unpaired) electrons. The second kappa shape index (κ2) is 3.02. The average molecular weight is 145 g/mol. The third kappa shape index (κ3) is 1.83. The lowest BCUT2D eigenvalue weighted by Crippen LogP contribution is -2.09. The Morgan fingerprint density at radius 3 is 2.67 bits per heavy atom. The molecule has 1 unspecified atom stereocenters. The maximum atomic E-state index is 10.5. The van der Waals surface area contributed by atoms with Gasteiger partial charge in [-0.15, -0.1) is 0 Å². The minimum atomic E-state index is -0.181. The van der Waals surface area contributed by atoms with Crippen molar-refractivity contribution in [3.05, 3.63) is 12.2 Å². The van der Waals surface area contributed by atoms with Crippen LogP contribution in [0.3, 0.4) is 0 Å². The molecule has 0 aromatic heterocycles. The van der Waals surface area contributed by atoms with Crippen molar-refractivity contribution < 1.29 is 4.79 Å². The van der Waals surface area contributed by atoms with Crippen molar-refractivity contribution in [2.45, 2.75) is 19.3 Å². The number of allylic oxidation sites excluding steroid dienone is 2. The Balaban J connectivity index is 2.44. The summed E-state index contributed by atoms with van der Waals surface area (Å²) in [5, 5.41) is -0.181. The van der Waals surface area contributed by atoms with Gasteiger partial charge in [0.15, 0.2) is 0 Å². The van der Waals surface area contributed by atoms with Crippen molar-refractivity contribution in [3.63, 3.8) is 0 Å². The van der Waals surface area contributed by atoms with E-state index in [4.69, 9.17) is 11.6 Å². The summed E-state index contributed by atoms with van der Waals surface area (Å²) < 4.78 is 0. The first-order valence-corrected chi connectivity index (χ1v) is 3.53. The van der Waals surface area contributed by atoms with E-state index in [1.165, 1.54) is 0 Å². The van der Waals surface area contributed by atoms with Crippen LogP contribution in [0.4, 0.5) is 0 Å². The molecule has 2 heteroatoms. The topological polar surface area (TPSA) is 17.1 Å². The van der Waals surface area contributed by atoms with Gasteiger partial charge in [0.05, 0.1) is 0 Å². The van der Waals surface area contributed by atoms with Gasteiger partial charge >= 0.3 is 0 Å². The smallest absolute Gasteiger partial charge is 0.225 e. The Kier molecular flexibility index (Phi) is 2.29. The highest BCUT2D eigenvalue weighted by atomic mass is 35.5. The summed E-state index contributed by atoms with van der Waals surface area (Å²) in [5.74, 6) is 0.0941. The SMILES string of the molecule is O=C(Cl)C1CC=CCC1. The van der Waals surface area contributed by atoms with E-state index < -0.39 is 0 Å². The zero-order valence-electron chi connectivity index (χ0n) is 5.14. The fourth-order valence-corrected chi connectivity index (χ4v) is 1.20. The maximum absolute atomic E-state index is 10.5. The molecule has 0 saturated heterocycles. The fraction of sp³-hybridized carbons (Fsp3) is 0.571. The number of rotatable bonds is 1. The van der Waals surface area contributed by atoms with Crippen molar-refractivity contribution in [1.29, 1.82) is 0 Å². The summed E-state index contributed by atoms with van der Waals surface area (Å²) in [7, 11) is 0. The molecular weight excluding hydrogens is 136 g/mol. The summed E-state index contributed by atoms with van der Waals surface area (Å²) in [6, 6.07) is 0. The third-order valence-corrected chi connectivity index (χ3v) is 1.90. The van der Waals surface area contributed by atoms with E-state index in [0.717, 1.165) is 19.3 Å². The van der Waals surface area contributed by atoms with Gasteiger partial charge in [0.25, 0.3) is 0 Å². The summed E-state index contributed by atoms with van der Waals surface area (Å²) in [6.45, 7) is 0. The van der Waals surface area contributed by atoms with Crippen LogP contribution in [0.15, 0.2) is 12.2 Å². The predicted octanol–water partition coefficient (Wildman–Crippen LogP) is 2.11. The van der Waals surface area contributed by atoms with E-state index in [2.05, 4.69) is 6.08 Å². The Bertz CT molecular complexity index is 140.